The second kappa shape index (κ2) is 11.3. The highest BCUT2D eigenvalue weighted by Gasteiger charge is 2.38. The molecule has 9 nitrogen and oxygen atoms in total. The smallest absolute Gasteiger partial charge is 0.338 e. The number of ether oxygens (including phenoxy) is 1. The molecule has 0 unspecified atom stereocenters. The van der Waals surface area contributed by atoms with Crippen molar-refractivity contribution < 1.29 is 27.5 Å². The third kappa shape index (κ3) is 5.73. The van der Waals surface area contributed by atoms with Crippen LogP contribution in [0.3, 0.4) is 0 Å². The monoisotopic (exact) mass is 591 g/mol. The van der Waals surface area contributed by atoms with Gasteiger partial charge in [-0.1, -0.05) is 28.9 Å². The Balaban J connectivity index is 1.55. The Bertz CT molecular complexity index is 1330. The third-order valence-electron chi connectivity index (χ3n) is 6.61. The quantitative estimate of drug-likeness (QED) is 0.487. The van der Waals surface area contributed by atoms with Crippen molar-refractivity contribution in [3.05, 3.63) is 52.0 Å². The van der Waals surface area contributed by atoms with Gasteiger partial charge in [0.1, 0.15) is 4.90 Å². The SMILES string of the molecule is CCOC(=O)c1cccc(NC(=O)[C@H]2CCCN(S(=O)(=O)c3cc(Br)cc4c3N(C(=O)CC)CC4)C2)c1. The van der Waals surface area contributed by atoms with Crippen molar-refractivity contribution in [1.29, 1.82) is 0 Å². The normalized spacial score (nSPS) is 17.8. The summed E-state index contributed by atoms with van der Waals surface area (Å²) in [4.78, 5) is 39.3. The highest BCUT2D eigenvalue weighted by Crippen LogP contribution is 2.40. The van der Waals surface area contributed by atoms with Gasteiger partial charge in [0.15, 0.2) is 0 Å². The summed E-state index contributed by atoms with van der Waals surface area (Å²) in [5.74, 6) is -1.49. The predicted octanol–water partition coefficient (Wildman–Crippen LogP) is 3.96. The maximum absolute atomic E-state index is 13.8. The maximum Gasteiger partial charge on any atom is 0.338 e. The number of amides is 2. The summed E-state index contributed by atoms with van der Waals surface area (Å²) in [6.45, 7) is 4.46. The van der Waals surface area contributed by atoms with Crippen LogP contribution in [0, 0.1) is 5.92 Å². The Morgan fingerprint density at radius 1 is 1.14 bits per heavy atom. The van der Waals surface area contributed by atoms with E-state index in [-0.39, 0.29) is 42.8 Å². The van der Waals surface area contributed by atoms with Crippen LogP contribution in [0.1, 0.15) is 49.0 Å². The van der Waals surface area contributed by atoms with Crippen molar-refractivity contribution in [1.82, 2.24) is 4.31 Å². The number of hydrogen-bond acceptors (Lipinski definition) is 6. The van der Waals surface area contributed by atoms with Gasteiger partial charge in [-0.2, -0.15) is 4.31 Å². The van der Waals surface area contributed by atoms with Gasteiger partial charge in [-0.3, -0.25) is 9.59 Å². The maximum atomic E-state index is 13.8. The van der Waals surface area contributed by atoms with Crippen molar-refractivity contribution in [2.24, 2.45) is 5.92 Å². The van der Waals surface area contributed by atoms with Gasteiger partial charge in [0.2, 0.25) is 21.8 Å². The first-order valence-electron chi connectivity index (χ1n) is 12.4. The summed E-state index contributed by atoms with van der Waals surface area (Å²) >= 11 is 3.42. The summed E-state index contributed by atoms with van der Waals surface area (Å²) < 4.78 is 34.7. The largest absolute Gasteiger partial charge is 0.462 e. The molecule has 0 bridgehead atoms. The summed E-state index contributed by atoms with van der Waals surface area (Å²) in [5.41, 5.74) is 2.01. The zero-order valence-electron chi connectivity index (χ0n) is 20.8. The first-order valence-corrected chi connectivity index (χ1v) is 14.6. The van der Waals surface area contributed by atoms with E-state index < -0.39 is 21.9 Å². The number of piperidine rings is 1. The highest BCUT2D eigenvalue weighted by atomic mass is 79.9. The minimum Gasteiger partial charge on any atom is -0.462 e. The Morgan fingerprint density at radius 3 is 2.65 bits per heavy atom. The second-order valence-electron chi connectivity index (χ2n) is 9.05. The van der Waals surface area contributed by atoms with Crippen LogP contribution in [-0.2, 0) is 30.8 Å². The molecule has 2 heterocycles. The second-order valence-corrected chi connectivity index (χ2v) is 11.9. The number of rotatable bonds is 7. The molecule has 0 aliphatic carbocycles. The van der Waals surface area contributed by atoms with E-state index in [9.17, 15) is 22.8 Å². The molecular weight excluding hydrogens is 562 g/mol. The third-order valence-corrected chi connectivity index (χ3v) is 8.95. The van der Waals surface area contributed by atoms with Gasteiger partial charge in [0, 0.05) is 36.2 Å². The lowest BCUT2D eigenvalue weighted by molar-refractivity contribution is -0.121. The molecule has 37 heavy (non-hydrogen) atoms. The topological polar surface area (TPSA) is 113 Å². The molecule has 0 saturated carbocycles. The molecule has 1 fully saturated rings. The molecule has 0 radical (unpaired) electrons. The first kappa shape index (κ1) is 27.3. The number of carbonyl (C=O) groups excluding carboxylic acids is 3. The molecule has 1 atom stereocenters. The van der Waals surface area contributed by atoms with Crippen molar-refractivity contribution >= 4 is 55.1 Å². The van der Waals surface area contributed by atoms with Crippen LogP contribution in [-0.4, -0.2) is 56.7 Å². The number of nitrogens with zero attached hydrogens (tertiary/aromatic N) is 2. The molecule has 0 spiro atoms. The molecule has 1 saturated heterocycles. The van der Waals surface area contributed by atoms with Crippen LogP contribution >= 0.6 is 15.9 Å². The van der Waals surface area contributed by atoms with Crippen LogP contribution in [0.4, 0.5) is 11.4 Å². The fourth-order valence-electron chi connectivity index (χ4n) is 4.80. The van der Waals surface area contributed by atoms with Gasteiger partial charge in [0.25, 0.3) is 0 Å². The molecule has 4 rings (SSSR count). The van der Waals surface area contributed by atoms with Gasteiger partial charge in [-0.05, 0) is 62.1 Å². The number of nitrogens with one attached hydrogen (secondary N) is 1. The molecule has 2 aliphatic rings. The van der Waals surface area contributed by atoms with E-state index in [1.807, 2.05) is 6.07 Å². The number of anilines is 2. The standard InChI is InChI=1S/C26H30BrN3O6S/c1-3-23(31)30-12-10-17-13-20(27)15-22(24(17)30)37(34,35)29-11-6-8-19(16-29)25(32)28-21-9-5-7-18(14-21)26(33)36-4-2/h5,7,9,13-15,19H,3-4,6,8,10-12,16H2,1-2H3,(H,28,32)/t19-/m0/s1. The van der Waals surface area contributed by atoms with Crippen LogP contribution in [0.2, 0.25) is 0 Å². The molecule has 2 aliphatic heterocycles. The highest BCUT2D eigenvalue weighted by molar-refractivity contribution is 9.10. The van der Waals surface area contributed by atoms with E-state index >= 15 is 0 Å². The van der Waals surface area contributed by atoms with E-state index in [0.29, 0.717) is 47.2 Å². The van der Waals surface area contributed by atoms with Crippen molar-refractivity contribution in [2.45, 2.75) is 44.4 Å². The Hall–Kier alpha value is -2.76. The lowest BCUT2D eigenvalue weighted by Crippen LogP contribution is -2.44. The fourth-order valence-corrected chi connectivity index (χ4v) is 7.24. The number of benzene rings is 2. The lowest BCUT2D eigenvalue weighted by Gasteiger charge is -2.32. The van der Waals surface area contributed by atoms with E-state index in [0.717, 1.165) is 5.56 Å². The Kier molecular flexibility index (Phi) is 8.35. The molecule has 0 aromatic heterocycles. The number of fused-ring (bicyclic) bond motifs is 1. The van der Waals surface area contributed by atoms with Crippen molar-refractivity contribution in [3.63, 3.8) is 0 Å². The van der Waals surface area contributed by atoms with Crippen molar-refractivity contribution in [2.75, 3.05) is 36.5 Å². The van der Waals surface area contributed by atoms with Gasteiger partial charge >= 0.3 is 5.97 Å². The molecule has 198 valence electrons. The molecule has 2 aromatic carbocycles. The first-order chi connectivity index (χ1) is 17.6. The van der Waals surface area contributed by atoms with Gasteiger partial charge in [0.05, 0.1) is 23.8 Å². The number of sulfonamides is 1. The molecular formula is C26H30BrN3O6S. The minimum absolute atomic E-state index is 0.0226. The van der Waals surface area contributed by atoms with Crippen LogP contribution in [0.5, 0.6) is 0 Å². The summed E-state index contributed by atoms with van der Waals surface area (Å²) in [6.07, 6.45) is 1.91. The van der Waals surface area contributed by atoms with E-state index in [2.05, 4.69) is 21.2 Å². The van der Waals surface area contributed by atoms with Crippen LogP contribution in [0.15, 0.2) is 45.8 Å². The molecule has 1 N–H and O–H groups in total. The zero-order valence-corrected chi connectivity index (χ0v) is 23.2. The number of esters is 1. The van der Waals surface area contributed by atoms with Crippen LogP contribution in [0.25, 0.3) is 0 Å². The van der Waals surface area contributed by atoms with Crippen LogP contribution < -0.4 is 10.2 Å². The van der Waals surface area contributed by atoms with Gasteiger partial charge in [-0.25, -0.2) is 13.2 Å². The van der Waals surface area contributed by atoms with E-state index in [1.165, 1.54) is 10.4 Å². The average Bonchev–Trinajstić information content (AvgIpc) is 3.31. The zero-order chi connectivity index (χ0) is 26.7. The molecule has 11 heteroatoms. The lowest BCUT2D eigenvalue weighted by atomic mass is 9.98. The average molecular weight is 593 g/mol. The predicted molar refractivity (Wildman–Crippen MR) is 143 cm³/mol. The van der Waals surface area contributed by atoms with Gasteiger partial charge in [-0.15, -0.1) is 0 Å². The summed E-state index contributed by atoms with van der Waals surface area (Å²) in [5, 5.41) is 2.81. The molecule has 2 amide bonds. The minimum atomic E-state index is -3.98. The fraction of sp³-hybridized carbons (Fsp3) is 0.423. The van der Waals surface area contributed by atoms with Crippen molar-refractivity contribution in [3.8, 4) is 0 Å². The van der Waals surface area contributed by atoms with E-state index in [1.54, 1.807) is 43.0 Å². The summed E-state index contributed by atoms with van der Waals surface area (Å²) in [7, 11) is -3.98. The number of halogens is 1. The molecule has 2 aromatic rings. The number of hydrogen-bond donors (Lipinski definition) is 1. The van der Waals surface area contributed by atoms with E-state index in [4.69, 9.17) is 4.74 Å². The number of carbonyl (C=O) groups is 3. The Morgan fingerprint density at radius 2 is 1.92 bits per heavy atom. The Labute approximate surface area is 225 Å². The summed E-state index contributed by atoms with van der Waals surface area (Å²) in [6, 6.07) is 9.86. The van der Waals surface area contributed by atoms with Gasteiger partial charge < -0.3 is 15.0 Å².